The van der Waals surface area contributed by atoms with Gasteiger partial charge in [-0.3, -0.25) is 0 Å². The van der Waals surface area contributed by atoms with Crippen molar-refractivity contribution in [2.24, 2.45) is 0 Å². The lowest BCUT2D eigenvalue weighted by atomic mass is 10.0. The molecule has 230 valence electrons. The Kier molecular flexibility index (Phi) is 6.15. The second-order valence-electron chi connectivity index (χ2n) is 12.4. The molecule has 0 atom stereocenters. The van der Waals surface area contributed by atoms with E-state index < -0.39 is 0 Å². The lowest BCUT2D eigenvalue weighted by molar-refractivity contribution is 0.622. The van der Waals surface area contributed by atoms with E-state index in [1.807, 2.05) is 42.5 Å². The van der Waals surface area contributed by atoms with Crippen LogP contribution in [0.5, 0.6) is 0 Å². The van der Waals surface area contributed by atoms with E-state index in [1.54, 1.807) is 0 Å². The summed E-state index contributed by atoms with van der Waals surface area (Å²) in [5, 5.41) is 6.81. The van der Waals surface area contributed by atoms with Gasteiger partial charge in [0, 0.05) is 28.0 Å². The maximum atomic E-state index is 6.47. The van der Waals surface area contributed by atoms with Crippen molar-refractivity contribution in [2.75, 3.05) is 4.90 Å². The SMILES string of the molecule is c1ccc(-c2cccc(N(c3ccc4c(ccc5ccccc54)c3)c3ccc4oc5ccc6nc(-c7ccccc7)oc6c5c4c3)c2)cc1. The molecular formula is C45H28N2O2. The van der Waals surface area contributed by atoms with Gasteiger partial charge in [0.1, 0.15) is 16.7 Å². The third-order valence-electron chi connectivity index (χ3n) is 9.45. The van der Waals surface area contributed by atoms with Crippen LogP contribution in [0, 0.1) is 0 Å². The zero-order valence-corrected chi connectivity index (χ0v) is 26.4. The highest BCUT2D eigenvalue weighted by Crippen LogP contribution is 2.43. The monoisotopic (exact) mass is 628 g/mol. The smallest absolute Gasteiger partial charge is 0.227 e. The zero-order valence-electron chi connectivity index (χ0n) is 26.4. The topological polar surface area (TPSA) is 42.4 Å². The van der Waals surface area contributed by atoms with E-state index >= 15 is 0 Å². The molecular weight excluding hydrogens is 601 g/mol. The summed E-state index contributed by atoms with van der Waals surface area (Å²) in [6, 6.07) is 59.4. The number of aromatic nitrogens is 1. The maximum Gasteiger partial charge on any atom is 0.227 e. The molecule has 0 unspecified atom stereocenters. The quantitative estimate of drug-likeness (QED) is 0.178. The largest absolute Gasteiger partial charge is 0.456 e. The molecule has 4 nitrogen and oxygen atoms in total. The molecule has 0 radical (unpaired) electrons. The molecule has 0 N–H and O–H groups in total. The van der Waals surface area contributed by atoms with Crippen LogP contribution in [0.2, 0.25) is 0 Å². The van der Waals surface area contributed by atoms with Gasteiger partial charge in [0.05, 0.1) is 5.39 Å². The van der Waals surface area contributed by atoms with Gasteiger partial charge in [-0.15, -0.1) is 0 Å². The van der Waals surface area contributed by atoms with Gasteiger partial charge in [-0.05, 0) is 99.4 Å². The predicted octanol–water partition coefficient (Wildman–Crippen LogP) is 12.8. The van der Waals surface area contributed by atoms with Crippen LogP contribution in [0.4, 0.5) is 17.1 Å². The third kappa shape index (κ3) is 4.57. The zero-order chi connectivity index (χ0) is 32.3. The van der Waals surface area contributed by atoms with Gasteiger partial charge in [-0.1, -0.05) is 103 Å². The standard InChI is InChI=1S/C45H28N2O2/c1-3-10-29(11-4-1)32-15-9-16-34(26-32)47(35-20-22-38-33(27-35)19-18-30-12-7-8-17-37(30)38)36-21-24-41-39(28-36)43-42(48-41)25-23-40-44(43)49-45(46-40)31-13-5-2-6-14-31/h1-28H. The Hall–Kier alpha value is -6.65. The lowest BCUT2D eigenvalue weighted by Crippen LogP contribution is -2.10. The minimum absolute atomic E-state index is 0.594. The van der Waals surface area contributed by atoms with E-state index in [1.165, 1.54) is 27.1 Å². The Morgan fingerprint density at radius 1 is 0.408 bits per heavy atom. The molecule has 0 bridgehead atoms. The van der Waals surface area contributed by atoms with Crippen LogP contribution in [0.3, 0.4) is 0 Å². The molecule has 0 aliphatic heterocycles. The van der Waals surface area contributed by atoms with Gasteiger partial charge in [0.25, 0.3) is 0 Å². The van der Waals surface area contributed by atoms with Crippen molar-refractivity contribution >= 4 is 71.6 Å². The van der Waals surface area contributed by atoms with E-state index in [-0.39, 0.29) is 0 Å². The normalized spacial score (nSPS) is 11.7. The molecule has 2 heterocycles. The summed E-state index contributed by atoms with van der Waals surface area (Å²) in [7, 11) is 0. The highest BCUT2D eigenvalue weighted by Gasteiger charge is 2.20. The predicted molar refractivity (Wildman–Crippen MR) is 202 cm³/mol. The van der Waals surface area contributed by atoms with Crippen LogP contribution in [-0.4, -0.2) is 4.98 Å². The Morgan fingerprint density at radius 3 is 1.96 bits per heavy atom. The van der Waals surface area contributed by atoms with Gasteiger partial charge in [0.15, 0.2) is 5.58 Å². The lowest BCUT2D eigenvalue weighted by Gasteiger charge is -2.26. The second-order valence-corrected chi connectivity index (χ2v) is 12.4. The van der Waals surface area contributed by atoms with Crippen molar-refractivity contribution in [3.8, 4) is 22.6 Å². The first-order valence-electron chi connectivity index (χ1n) is 16.5. The Bertz CT molecular complexity index is 2830. The Labute approximate surface area is 282 Å². The van der Waals surface area contributed by atoms with Crippen molar-refractivity contribution < 1.29 is 8.83 Å². The molecule has 0 fully saturated rings. The number of nitrogens with zero attached hydrogens (tertiary/aromatic N) is 2. The van der Waals surface area contributed by atoms with Gasteiger partial charge in [-0.25, -0.2) is 4.98 Å². The molecule has 0 aliphatic rings. The van der Waals surface area contributed by atoms with Crippen LogP contribution >= 0.6 is 0 Å². The fraction of sp³-hybridized carbons (Fsp3) is 0. The van der Waals surface area contributed by atoms with Gasteiger partial charge in [0.2, 0.25) is 5.89 Å². The number of rotatable bonds is 5. The molecule has 49 heavy (non-hydrogen) atoms. The maximum absolute atomic E-state index is 6.47. The highest BCUT2D eigenvalue weighted by atomic mass is 16.4. The summed E-state index contributed by atoms with van der Waals surface area (Å²) in [5.74, 6) is 0.594. The van der Waals surface area contributed by atoms with Crippen molar-refractivity contribution in [2.45, 2.75) is 0 Å². The molecule has 4 heteroatoms. The average Bonchev–Trinajstić information content (AvgIpc) is 3.77. The van der Waals surface area contributed by atoms with Crippen molar-refractivity contribution in [3.63, 3.8) is 0 Å². The minimum atomic E-state index is 0.594. The summed E-state index contributed by atoms with van der Waals surface area (Å²) < 4.78 is 12.9. The number of fused-ring (bicyclic) bond motifs is 8. The van der Waals surface area contributed by atoms with Crippen molar-refractivity contribution in [3.05, 3.63) is 170 Å². The van der Waals surface area contributed by atoms with E-state index in [0.29, 0.717) is 5.89 Å². The number of hydrogen-bond donors (Lipinski definition) is 0. The summed E-state index contributed by atoms with van der Waals surface area (Å²) >= 11 is 0. The summed E-state index contributed by atoms with van der Waals surface area (Å²) in [5.41, 5.74) is 9.50. The van der Waals surface area contributed by atoms with Crippen LogP contribution < -0.4 is 4.90 Å². The molecule has 10 aromatic rings. The fourth-order valence-corrected chi connectivity index (χ4v) is 7.12. The Balaban J connectivity index is 1.19. The fourth-order valence-electron chi connectivity index (χ4n) is 7.12. The molecule has 0 amide bonds. The molecule has 0 spiro atoms. The molecule has 0 saturated carbocycles. The van der Waals surface area contributed by atoms with Crippen LogP contribution in [0.25, 0.3) is 77.2 Å². The van der Waals surface area contributed by atoms with Crippen molar-refractivity contribution in [1.82, 2.24) is 4.98 Å². The number of furan rings is 1. The first-order valence-corrected chi connectivity index (χ1v) is 16.5. The number of anilines is 3. The minimum Gasteiger partial charge on any atom is -0.456 e. The van der Waals surface area contributed by atoms with Crippen LogP contribution in [-0.2, 0) is 0 Å². The first-order chi connectivity index (χ1) is 24.3. The summed E-state index contributed by atoms with van der Waals surface area (Å²) in [4.78, 5) is 7.17. The molecule has 2 aromatic heterocycles. The van der Waals surface area contributed by atoms with E-state index in [0.717, 1.165) is 61.2 Å². The van der Waals surface area contributed by atoms with E-state index in [9.17, 15) is 0 Å². The first kappa shape index (κ1) is 27.5. The van der Waals surface area contributed by atoms with Crippen LogP contribution in [0.1, 0.15) is 0 Å². The number of hydrogen-bond acceptors (Lipinski definition) is 4. The van der Waals surface area contributed by atoms with E-state index in [4.69, 9.17) is 13.8 Å². The van der Waals surface area contributed by atoms with Gasteiger partial charge >= 0.3 is 0 Å². The van der Waals surface area contributed by atoms with Gasteiger partial charge in [-0.2, -0.15) is 0 Å². The average molecular weight is 629 g/mol. The highest BCUT2D eigenvalue weighted by molar-refractivity contribution is 6.17. The Morgan fingerprint density at radius 2 is 1.08 bits per heavy atom. The third-order valence-corrected chi connectivity index (χ3v) is 9.45. The van der Waals surface area contributed by atoms with Crippen LogP contribution in [0.15, 0.2) is 179 Å². The van der Waals surface area contributed by atoms with Crippen molar-refractivity contribution in [1.29, 1.82) is 0 Å². The van der Waals surface area contributed by atoms with Gasteiger partial charge < -0.3 is 13.7 Å². The molecule has 0 saturated heterocycles. The molecule has 8 aromatic carbocycles. The second kappa shape index (κ2) is 11.0. The molecule has 10 rings (SSSR count). The summed E-state index contributed by atoms with van der Waals surface area (Å²) in [6.07, 6.45) is 0. The number of oxazole rings is 1. The van der Waals surface area contributed by atoms with E-state index in [2.05, 4.69) is 132 Å². The molecule has 0 aliphatic carbocycles. The summed E-state index contributed by atoms with van der Waals surface area (Å²) in [6.45, 7) is 0. The number of benzene rings is 8.